The van der Waals surface area contributed by atoms with Gasteiger partial charge in [-0.2, -0.15) is 0 Å². The van der Waals surface area contributed by atoms with Crippen LogP contribution in [0.5, 0.6) is 0 Å². The van der Waals surface area contributed by atoms with Crippen molar-refractivity contribution in [2.75, 3.05) is 13.1 Å². The van der Waals surface area contributed by atoms with Gasteiger partial charge in [0.1, 0.15) is 0 Å². The summed E-state index contributed by atoms with van der Waals surface area (Å²) in [6.07, 6.45) is 2.96. The Bertz CT molecular complexity index is 580. The number of benzene rings is 1. The number of hydrogen-bond acceptors (Lipinski definition) is 3. The van der Waals surface area contributed by atoms with E-state index in [1.807, 2.05) is 20.8 Å². The highest BCUT2D eigenvalue weighted by molar-refractivity contribution is 6.35. The van der Waals surface area contributed by atoms with Crippen LogP contribution in [0.1, 0.15) is 57.3 Å². The second-order valence-electron chi connectivity index (χ2n) is 7.03. The van der Waals surface area contributed by atoms with Crippen molar-refractivity contribution >= 4 is 35.0 Å². The van der Waals surface area contributed by atoms with E-state index < -0.39 is 0 Å². The first-order valence-electron chi connectivity index (χ1n) is 8.43. The summed E-state index contributed by atoms with van der Waals surface area (Å²) in [5.74, 6) is -0.488. The zero-order valence-electron chi connectivity index (χ0n) is 15.3. The number of hydrogen-bond donors (Lipinski definition) is 2. The van der Waals surface area contributed by atoms with E-state index in [0.717, 1.165) is 19.3 Å². The molecule has 0 saturated heterocycles. The van der Waals surface area contributed by atoms with Gasteiger partial charge in [-0.25, -0.2) is 5.01 Å². The molecule has 1 aromatic rings. The third kappa shape index (κ3) is 9.10. The van der Waals surface area contributed by atoms with E-state index in [1.165, 1.54) is 0 Å². The second kappa shape index (κ2) is 10.00. The van der Waals surface area contributed by atoms with Gasteiger partial charge in [-0.15, -0.1) is 0 Å². The van der Waals surface area contributed by atoms with Crippen LogP contribution < -0.4 is 10.7 Å². The molecule has 2 amide bonds. The smallest absolute Gasteiger partial charge is 0.265 e. The minimum Gasteiger partial charge on any atom is -0.350 e. The lowest BCUT2D eigenvalue weighted by Crippen LogP contribution is -2.51. The summed E-state index contributed by atoms with van der Waals surface area (Å²) in [5.41, 5.74) is 2.81. The first kappa shape index (κ1) is 21.7. The Morgan fingerprint density at radius 3 is 2.20 bits per heavy atom. The van der Waals surface area contributed by atoms with Crippen LogP contribution in [-0.2, 0) is 4.79 Å². The van der Waals surface area contributed by atoms with E-state index in [0.29, 0.717) is 22.2 Å². The third-order valence-corrected chi connectivity index (χ3v) is 3.70. The maximum atomic E-state index is 12.5. The number of amides is 2. The van der Waals surface area contributed by atoms with Crippen LogP contribution in [0.25, 0.3) is 0 Å². The molecule has 0 spiro atoms. The Hall–Kier alpha value is -1.30. The number of nitrogens with one attached hydrogen (secondary N) is 2. The van der Waals surface area contributed by atoms with Crippen molar-refractivity contribution in [1.29, 1.82) is 0 Å². The summed E-state index contributed by atoms with van der Waals surface area (Å²) >= 11 is 11.9. The average molecular weight is 388 g/mol. The molecule has 140 valence electrons. The summed E-state index contributed by atoms with van der Waals surface area (Å²) < 4.78 is 0. The largest absolute Gasteiger partial charge is 0.350 e. The van der Waals surface area contributed by atoms with Gasteiger partial charge in [0, 0.05) is 27.7 Å². The average Bonchev–Trinajstić information content (AvgIpc) is 2.44. The molecule has 0 aliphatic carbocycles. The molecule has 0 saturated carbocycles. The van der Waals surface area contributed by atoms with Gasteiger partial charge in [0.15, 0.2) is 0 Å². The maximum absolute atomic E-state index is 12.5. The van der Waals surface area contributed by atoms with Gasteiger partial charge in [0.05, 0.1) is 6.54 Å². The van der Waals surface area contributed by atoms with Crippen LogP contribution in [0.4, 0.5) is 0 Å². The monoisotopic (exact) mass is 387 g/mol. The minimum absolute atomic E-state index is 0.0843. The molecule has 0 heterocycles. The van der Waals surface area contributed by atoms with Gasteiger partial charge < -0.3 is 5.32 Å². The Morgan fingerprint density at radius 1 is 1.08 bits per heavy atom. The van der Waals surface area contributed by atoms with Crippen LogP contribution >= 0.6 is 23.2 Å². The fourth-order valence-corrected chi connectivity index (χ4v) is 2.78. The van der Waals surface area contributed by atoms with E-state index >= 15 is 0 Å². The van der Waals surface area contributed by atoms with Crippen molar-refractivity contribution in [2.45, 2.75) is 52.5 Å². The Labute approximate surface area is 160 Å². The molecule has 0 radical (unpaired) electrons. The number of carbonyl (C=O) groups excluding carboxylic acids is 2. The lowest BCUT2D eigenvalue weighted by Gasteiger charge is -2.26. The summed E-state index contributed by atoms with van der Waals surface area (Å²) in [6.45, 7) is 8.52. The van der Waals surface area contributed by atoms with E-state index in [4.69, 9.17) is 23.2 Å². The predicted octanol–water partition coefficient (Wildman–Crippen LogP) is 4.05. The SMILES string of the molecule is CCCCCN(CC(=O)NC(C)(C)C)NC(=O)c1cc(Cl)cc(Cl)c1. The lowest BCUT2D eigenvalue weighted by atomic mass is 10.1. The zero-order valence-corrected chi connectivity index (χ0v) is 16.8. The van der Waals surface area contributed by atoms with Crippen molar-refractivity contribution in [1.82, 2.24) is 15.8 Å². The molecular weight excluding hydrogens is 361 g/mol. The fraction of sp³-hybridized carbons (Fsp3) is 0.556. The van der Waals surface area contributed by atoms with Gasteiger partial charge in [-0.05, 0) is 45.4 Å². The number of rotatable bonds is 8. The summed E-state index contributed by atoms with van der Waals surface area (Å²) in [5, 5.41) is 5.31. The normalized spacial score (nSPS) is 11.5. The van der Waals surface area contributed by atoms with E-state index in [9.17, 15) is 9.59 Å². The van der Waals surface area contributed by atoms with Gasteiger partial charge in [-0.1, -0.05) is 43.0 Å². The molecular formula is C18H27Cl2N3O2. The number of unbranched alkanes of at least 4 members (excludes halogenated alkanes) is 2. The summed E-state index contributed by atoms with van der Waals surface area (Å²) in [6, 6.07) is 4.65. The molecule has 0 unspecified atom stereocenters. The van der Waals surface area contributed by atoms with Gasteiger partial charge >= 0.3 is 0 Å². The lowest BCUT2D eigenvalue weighted by molar-refractivity contribution is -0.124. The molecule has 0 bridgehead atoms. The molecule has 0 aliphatic rings. The molecule has 0 fully saturated rings. The first-order valence-corrected chi connectivity index (χ1v) is 9.19. The van der Waals surface area contributed by atoms with E-state index in [1.54, 1.807) is 23.2 Å². The highest BCUT2D eigenvalue weighted by Crippen LogP contribution is 2.19. The minimum atomic E-state index is -0.343. The third-order valence-electron chi connectivity index (χ3n) is 3.26. The van der Waals surface area contributed by atoms with E-state index in [-0.39, 0.29) is 23.9 Å². The van der Waals surface area contributed by atoms with Crippen molar-refractivity contribution in [2.24, 2.45) is 0 Å². The van der Waals surface area contributed by atoms with Crippen molar-refractivity contribution in [3.63, 3.8) is 0 Å². The zero-order chi connectivity index (χ0) is 19.0. The molecule has 25 heavy (non-hydrogen) atoms. The van der Waals surface area contributed by atoms with Crippen molar-refractivity contribution in [3.8, 4) is 0 Å². The van der Waals surface area contributed by atoms with Crippen LogP contribution in [0.15, 0.2) is 18.2 Å². The second-order valence-corrected chi connectivity index (χ2v) is 7.90. The highest BCUT2D eigenvalue weighted by atomic mass is 35.5. The van der Waals surface area contributed by atoms with Crippen molar-refractivity contribution in [3.05, 3.63) is 33.8 Å². The van der Waals surface area contributed by atoms with Gasteiger partial charge in [-0.3, -0.25) is 15.0 Å². The quantitative estimate of drug-likeness (QED) is 0.522. The molecule has 7 heteroatoms. The molecule has 0 atom stereocenters. The first-order chi connectivity index (χ1) is 11.6. The Balaban J connectivity index is 2.77. The van der Waals surface area contributed by atoms with Crippen LogP contribution in [0, 0.1) is 0 Å². The van der Waals surface area contributed by atoms with E-state index in [2.05, 4.69) is 17.7 Å². The highest BCUT2D eigenvalue weighted by Gasteiger charge is 2.19. The maximum Gasteiger partial charge on any atom is 0.265 e. The van der Waals surface area contributed by atoms with Crippen LogP contribution in [0.2, 0.25) is 10.0 Å². The van der Waals surface area contributed by atoms with Crippen molar-refractivity contribution < 1.29 is 9.59 Å². The topological polar surface area (TPSA) is 61.4 Å². The number of hydrazine groups is 1. The summed E-state index contributed by atoms with van der Waals surface area (Å²) in [4.78, 5) is 24.6. The predicted molar refractivity (Wildman–Crippen MR) is 103 cm³/mol. The van der Waals surface area contributed by atoms with Gasteiger partial charge in [0.25, 0.3) is 5.91 Å². The molecule has 0 aromatic heterocycles. The molecule has 1 rings (SSSR count). The number of nitrogens with zero attached hydrogens (tertiary/aromatic N) is 1. The standard InChI is InChI=1S/C18H27Cl2N3O2/c1-5-6-7-8-23(12-16(24)21-18(2,3)4)22-17(25)13-9-14(19)11-15(20)10-13/h9-11H,5-8,12H2,1-4H3,(H,21,24)(H,22,25). The Kier molecular flexibility index (Phi) is 8.69. The molecule has 1 aromatic carbocycles. The fourth-order valence-electron chi connectivity index (χ4n) is 2.25. The van der Waals surface area contributed by atoms with Crippen LogP contribution in [0.3, 0.4) is 0 Å². The molecule has 5 nitrogen and oxygen atoms in total. The Morgan fingerprint density at radius 2 is 1.68 bits per heavy atom. The van der Waals surface area contributed by atoms with Crippen LogP contribution in [-0.4, -0.2) is 35.5 Å². The molecule has 0 aliphatic heterocycles. The van der Waals surface area contributed by atoms with Gasteiger partial charge in [0.2, 0.25) is 5.91 Å². The molecule has 2 N–H and O–H groups in total. The number of halogens is 2. The number of carbonyl (C=O) groups is 2. The summed E-state index contributed by atoms with van der Waals surface area (Å²) in [7, 11) is 0.